The van der Waals surface area contributed by atoms with Crippen LogP contribution < -0.4 is 5.32 Å². The predicted molar refractivity (Wildman–Crippen MR) is 72.1 cm³/mol. The van der Waals surface area contributed by atoms with Gasteiger partial charge in [-0.1, -0.05) is 6.07 Å². The van der Waals surface area contributed by atoms with E-state index in [2.05, 4.69) is 10.3 Å². The van der Waals surface area contributed by atoms with Gasteiger partial charge in [-0.25, -0.2) is 8.42 Å². The molecule has 1 aromatic rings. The number of nitrogens with one attached hydrogen (secondary N) is 1. The number of nitrogens with zero attached hydrogens (tertiary/aromatic N) is 2. The molecule has 2 rings (SSSR count). The first-order valence-electron chi connectivity index (χ1n) is 6.35. The molecule has 0 radical (unpaired) electrons. The molecule has 1 saturated heterocycles. The molecule has 1 fully saturated rings. The van der Waals surface area contributed by atoms with Crippen molar-refractivity contribution in [1.82, 2.24) is 14.6 Å². The monoisotopic (exact) mass is 285 g/mol. The lowest BCUT2D eigenvalue weighted by Gasteiger charge is -2.26. The van der Waals surface area contributed by atoms with Gasteiger partial charge in [0, 0.05) is 32.4 Å². The average Bonchev–Trinajstić information content (AvgIpc) is 2.46. The van der Waals surface area contributed by atoms with Crippen molar-refractivity contribution in [2.75, 3.05) is 38.6 Å². The summed E-state index contributed by atoms with van der Waals surface area (Å²) in [5, 5.41) is 3.10. The third kappa shape index (κ3) is 4.54. The molecule has 0 amide bonds. The van der Waals surface area contributed by atoms with Crippen LogP contribution in [0.3, 0.4) is 0 Å². The SMILES string of the molecule is O=S(=O)(CCNCc1ccccn1)N1CCOCC1. The molecule has 19 heavy (non-hydrogen) atoms. The van der Waals surface area contributed by atoms with Gasteiger partial charge in [0.25, 0.3) is 0 Å². The second-order valence-corrected chi connectivity index (χ2v) is 6.41. The number of ether oxygens (including phenoxy) is 1. The lowest BCUT2D eigenvalue weighted by atomic mass is 10.3. The second-order valence-electron chi connectivity index (χ2n) is 4.33. The van der Waals surface area contributed by atoms with E-state index in [1.165, 1.54) is 4.31 Å². The summed E-state index contributed by atoms with van der Waals surface area (Å²) in [5.74, 6) is 0.111. The Labute approximate surface area is 113 Å². The van der Waals surface area contributed by atoms with Crippen molar-refractivity contribution < 1.29 is 13.2 Å². The normalized spacial score (nSPS) is 17.5. The van der Waals surface area contributed by atoms with Gasteiger partial charge < -0.3 is 10.1 Å². The number of aromatic nitrogens is 1. The van der Waals surface area contributed by atoms with E-state index in [0.29, 0.717) is 39.4 Å². The summed E-state index contributed by atoms with van der Waals surface area (Å²) in [4.78, 5) is 4.16. The van der Waals surface area contributed by atoms with E-state index < -0.39 is 10.0 Å². The highest BCUT2D eigenvalue weighted by Crippen LogP contribution is 2.05. The number of hydrogen-bond donors (Lipinski definition) is 1. The molecule has 1 aliphatic rings. The van der Waals surface area contributed by atoms with Crippen LogP contribution in [0.1, 0.15) is 5.69 Å². The number of rotatable bonds is 6. The number of sulfonamides is 1. The molecule has 0 spiro atoms. The molecule has 1 N–H and O–H groups in total. The molecule has 0 unspecified atom stereocenters. The Morgan fingerprint density at radius 2 is 2.11 bits per heavy atom. The minimum absolute atomic E-state index is 0.111. The van der Waals surface area contributed by atoms with Crippen molar-refractivity contribution in [1.29, 1.82) is 0 Å². The fraction of sp³-hybridized carbons (Fsp3) is 0.583. The minimum Gasteiger partial charge on any atom is -0.379 e. The van der Waals surface area contributed by atoms with E-state index in [1.54, 1.807) is 6.20 Å². The topological polar surface area (TPSA) is 71.5 Å². The van der Waals surface area contributed by atoms with Crippen molar-refractivity contribution in [3.05, 3.63) is 30.1 Å². The maximum atomic E-state index is 12.0. The molecule has 0 aromatic carbocycles. The molecule has 0 atom stereocenters. The van der Waals surface area contributed by atoms with E-state index in [9.17, 15) is 8.42 Å². The third-order valence-electron chi connectivity index (χ3n) is 2.93. The summed E-state index contributed by atoms with van der Waals surface area (Å²) in [7, 11) is -3.17. The fourth-order valence-corrected chi connectivity index (χ4v) is 3.24. The highest BCUT2D eigenvalue weighted by molar-refractivity contribution is 7.89. The summed E-state index contributed by atoms with van der Waals surface area (Å²) in [5.41, 5.74) is 0.909. The molecule has 0 saturated carbocycles. The highest BCUT2D eigenvalue weighted by atomic mass is 32.2. The predicted octanol–water partition coefficient (Wildman–Crippen LogP) is -0.167. The Hall–Kier alpha value is -1.02. The fourth-order valence-electron chi connectivity index (χ4n) is 1.87. The number of pyridine rings is 1. The lowest BCUT2D eigenvalue weighted by molar-refractivity contribution is 0.0730. The first-order chi connectivity index (χ1) is 9.18. The molecular formula is C12H19N3O3S. The van der Waals surface area contributed by atoms with Gasteiger partial charge in [-0.15, -0.1) is 0 Å². The highest BCUT2D eigenvalue weighted by Gasteiger charge is 2.23. The first kappa shape index (κ1) is 14.4. The molecule has 1 aliphatic heterocycles. The van der Waals surface area contributed by atoms with Crippen LogP contribution in [0, 0.1) is 0 Å². The molecule has 6 nitrogen and oxygen atoms in total. The van der Waals surface area contributed by atoms with Crippen molar-refractivity contribution in [3.63, 3.8) is 0 Å². The maximum absolute atomic E-state index is 12.0. The summed E-state index contributed by atoms with van der Waals surface area (Å²) in [6, 6.07) is 5.67. The Kier molecular flexibility index (Phi) is 5.26. The van der Waals surface area contributed by atoms with Gasteiger partial charge >= 0.3 is 0 Å². The Bertz CT molecular complexity index is 472. The van der Waals surface area contributed by atoms with Crippen LogP contribution >= 0.6 is 0 Å². The molecular weight excluding hydrogens is 266 g/mol. The lowest BCUT2D eigenvalue weighted by Crippen LogP contribution is -2.43. The van der Waals surface area contributed by atoms with Crippen LogP contribution in [-0.4, -0.2) is 56.3 Å². The van der Waals surface area contributed by atoms with E-state index >= 15 is 0 Å². The van der Waals surface area contributed by atoms with Gasteiger partial charge in [0.2, 0.25) is 10.0 Å². The Morgan fingerprint density at radius 1 is 1.32 bits per heavy atom. The van der Waals surface area contributed by atoms with Gasteiger partial charge in [-0.2, -0.15) is 4.31 Å². The Morgan fingerprint density at radius 3 is 2.79 bits per heavy atom. The van der Waals surface area contributed by atoms with E-state index in [4.69, 9.17) is 4.74 Å². The van der Waals surface area contributed by atoms with Crippen LogP contribution in [0.2, 0.25) is 0 Å². The molecule has 2 heterocycles. The van der Waals surface area contributed by atoms with Crippen LogP contribution in [0.5, 0.6) is 0 Å². The summed E-state index contributed by atoms with van der Waals surface area (Å²) in [6.45, 7) is 2.90. The van der Waals surface area contributed by atoms with Crippen LogP contribution in [0.25, 0.3) is 0 Å². The largest absolute Gasteiger partial charge is 0.379 e. The average molecular weight is 285 g/mol. The smallest absolute Gasteiger partial charge is 0.215 e. The first-order valence-corrected chi connectivity index (χ1v) is 7.95. The zero-order chi connectivity index (χ0) is 13.6. The van der Waals surface area contributed by atoms with Crippen LogP contribution in [0.4, 0.5) is 0 Å². The van der Waals surface area contributed by atoms with E-state index in [0.717, 1.165) is 5.69 Å². The number of morpholine rings is 1. The standard InChI is InChI=1S/C12H19N3O3S/c16-19(17,15-6-8-18-9-7-15)10-5-13-11-12-3-1-2-4-14-12/h1-4,13H,5-11H2. The quantitative estimate of drug-likeness (QED) is 0.735. The molecule has 0 aliphatic carbocycles. The van der Waals surface area contributed by atoms with Crippen molar-refractivity contribution in [3.8, 4) is 0 Å². The van der Waals surface area contributed by atoms with E-state index in [1.807, 2.05) is 18.2 Å². The van der Waals surface area contributed by atoms with Gasteiger partial charge in [0.15, 0.2) is 0 Å². The molecule has 7 heteroatoms. The summed E-state index contributed by atoms with van der Waals surface area (Å²) < 4.78 is 30.7. The second kappa shape index (κ2) is 6.95. The molecule has 0 bridgehead atoms. The Balaban J connectivity index is 1.72. The van der Waals surface area contributed by atoms with Crippen molar-refractivity contribution in [2.24, 2.45) is 0 Å². The number of hydrogen-bond acceptors (Lipinski definition) is 5. The zero-order valence-corrected chi connectivity index (χ0v) is 11.6. The van der Waals surface area contributed by atoms with Gasteiger partial charge in [0.1, 0.15) is 0 Å². The van der Waals surface area contributed by atoms with Gasteiger partial charge in [0.05, 0.1) is 24.7 Å². The third-order valence-corrected chi connectivity index (χ3v) is 4.80. The van der Waals surface area contributed by atoms with Crippen molar-refractivity contribution in [2.45, 2.75) is 6.54 Å². The summed E-state index contributed by atoms with van der Waals surface area (Å²) in [6.07, 6.45) is 1.72. The minimum atomic E-state index is -3.17. The zero-order valence-electron chi connectivity index (χ0n) is 10.8. The molecule has 1 aromatic heterocycles. The van der Waals surface area contributed by atoms with Gasteiger partial charge in [-0.3, -0.25) is 4.98 Å². The van der Waals surface area contributed by atoms with Gasteiger partial charge in [-0.05, 0) is 12.1 Å². The van der Waals surface area contributed by atoms with Crippen LogP contribution in [0.15, 0.2) is 24.4 Å². The molecule has 106 valence electrons. The van der Waals surface area contributed by atoms with E-state index in [-0.39, 0.29) is 5.75 Å². The van der Waals surface area contributed by atoms with Crippen molar-refractivity contribution >= 4 is 10.0 Å². The summed E-state index contributed by atoms with van der Waals surface area (Å²) >= 11 is 0. The van der Waals surface area contributed by atoms with Crippen LogP contribution in [-0.2, 0) is 21.3 Å². The maximum Gasteiger partial charge on any atom is 0.215 e.